The number of phenols is 1. The maximum atomic E-state index is 12.6. The average molecular weight is 357 g/mol. The van der Waals surface area contributed by atoms with Gasteiger partial charge >= 0.3 is 0 Å². The van der Waals surface area contributed by atoms with Crippen molar-refractivity contribution in [2.45, 2.75) is 13.5 Å². The molecule has 128 valence electrons. The molecule has 3 aromatic rings. The molecule has 0 aliphatic heterocycles. The van der Waals surface area contributed by atoms with Crippen LogP contribution in [0.3, 0.4) is 0 Å². The average Bonchev–Trinajstić information content (AvgIpc) is 2.98. The van der Waals surface area contributed by atoms with Crippen LogP contribution < -0.4 is 0 Å². The van der Waals surface area contributed by atoms with E-state index < -0.39 is 0 Å². The fourth-order valence-corrected chi connectivity index (χ4v) is 2.69. The second kappa shape index (κ2) is 6.94. The summed E-state index contributed by atoms with van der Waals surface area (Å²) in [6.45, 7) is 2.02. The third-order valence-electron chi connectivity index (χ3n) is 3.79. The van der Waals surface area contributed by atoms with Gasteiger partial charge in [-0.1, -0.05) is 41.9 Å². The Balaban J connectivity index is 1.85. The summed E-state index contributed by atoms with van der Waals surface area (Å²) >= 11 is 6.20. The van der Waals surface area contributed by atoms with Gasteiger partial charge in [0.2, 0.25) is 5.82 Å². The molecule has 1 heterocycles. The molecular weight excluding hydrogens is 340 g/mol. The van der Waals surface area contributed by atoms with Crippen molar-refractivity contribution in [3.05, 3.63) is 70.8 Å². The summed E-state index contributed by atoms with van der Waals surface area (Å²) in [7, 11) is 1.64. The summed E-state index contributed by atoms with van der Waals surface area (Å²) in [4.78, 5) is 18.3. The highest BCUT2D eigenvalue weighted by molar-refractivity contribution is 6.32. The molecule has 25 heavy (non-hydrogen) atoms. The van der Waals surface area contributed by atoms with Gasteiger partial charge in [-0.05, 0) is 25.1 Å². The van der Waals surface area contributed by atoms with Crippen molar-refractivity contribution in [2.24, 2.45) is 0 Å². The number of carbonyl (C=O) groups is 1. The van der Waals surface area contributed by atoms with Crippen LogP contribution in [0.15, 0.2) is 48.5 Å². The van der Waals surface area contributed by atoms with Crippen LogP contribution in [0.4, 0.5) is 0 Å². The lowest BCUT2D eigenvalue weighted by molar-refractivity contribution is 0.0772. The Morgan fingerprint density at radius 1 is 1.20 bits per heavy atom. The first-order valence-corrected chi connectivity index (χ1v) is 8.06. The van der Waals surface area contributed by atoms with E-state index in [-0.39, 0.29) is 24.0 Å². The number of phenolic OH excluding ortho intramolecular Hbond substituents is 1. The van der Waals surface area contributed by atoms with Crippen molar-refractivity contribution in [3.63, 3.8) is 0 Å². The van der Waals surface area contributed by atoms with Crippen molar-refractivity contribution >= 4 is 17.5 Å². The first kappa shape index (κ1) is 17.0. The lowest BCUT2D eigenvalue weighted by atomic mass is 10.2. The van der Waals surface area contributed by atoms with Crippen molar-refractivity contribution < 1.29 is 9.90 Å². The van der Waals surface area contributed by atoms with Gasteiger partial charge in [0, 0.05) is 19.2 Å². The number of nitrogens with zero attached hydrogens (tertiary/aromatic N) is 4. The van der Waals surface area contributed by atoms with Gasteiger partial charge in [-0.2, -0.15) is 0 Å². The summed E-state index contributed by atoms with van der Waals surface area (Å²) in [5, 5.41) is 14.7. The second-order valence-electron chi connectivity index (χ2n) is 5.64. The summed E-state index contributed by atoms with van der Waals surface area (Å²) < 4.78 is 1.55. The van der Waals surface area contributed by atoms with Crippen LogP contribution in [-0.2, 0) is 6.54 Å². The van der Waals surface area contributed by atoms with Crippen molar-refractivity contribution in [2.75, 3.05) is 7.05 Å². The smallest absolute Gasteiger partial charge is 0.293 e. The van der Waals surface area contributed by atoms with E-state index in [9.17, 15) is 9.90 Å². The number of aromatic nitrogens is 3. The van der Waals surface area contributed by atoms with Gasteiger partial charge in [0.15, 0.2) is 0 Å². The lowest BCUT2D eigenvalue weighted by Crippen LogP contribution is -2.27. The molecule has 1 N–H and O–H groups in total. The number of halogens is 1. The van der Waals surface area contributed by atoms with Crippen molar-refractivity contribution in [1.29, 1.82) is 0 Å². The molecule has 0 saturated heterocycles. The van der Waals surface area contributed by atoms with Crippen LogP contribution in [0.1, 0.15) is 22.0 Å². The first-order chi connectivity index (χ1) is 12.0. The van der Waals surface area contributed by atoms with Crippen molar-refractivity contribution in [1.82, 2.24) is 19.7 Å². The molecule has 0 aliphatic rings. The van der Waals surface area contributed by atoms with Crippen molar-refractivity contribution in [3.8, 4) is 11.4 Å². The molecule has 0 spiro atoms. The van der Waals surface area contributed by atoms with E-state index in [0.29, 0.717) is 22.1 Å². The minimum absolute atomic E-state index is 0.0790. The number of amides is 1. The third kappa shape index (κ3) is 3.49. The Hall–Kier alpha value is -2.86. The molecule has 7 heteroatoms. The molecule has 1 amide bonds. The molecule has 0 radical (unpaired) electrons. The van der Waals surface area contributed by atoms with Crippen LogP contribution in [-0.4, -0.2) is 37.7 Å². The van der Waals surface area contributed by atoms with E-state index in [0.717, 1.165) is 0 Å². The van der Waals surface area contributed by atoms with Gasteiger partial charge in [-0.15, -0.1) is 5.10 Å². The Morgan fingerprint density at radius 2 is 1.88 bits per heavy atom. The summed E-state index contributed by atoms with van der Waals surface area (Å²) in [6.07, 6.45) is 0. The van der Waals surface area contributed by atoms with Gasteiger partial charge < -0.3 is 10.0 Å². The van der Waals surface area contributed by atoms with Crippen LogP contribution in [0.25, 0.3) is 5.69 Å². The molecule has 0 saturated carbocycles. The number of hydrogen-bond donors (Lipinski definition) is 1. The Kier molecular flexibility index (Phi) is 4.72. The minimum Gasteiger partial charge on any atom is -0.508 e. The molecule has 1 aromatic heterocycles. The lowest BCUT2D eigenvalue weighted by Gasteiger charge is -2.16. The number of benzene rings is 2. The van der Waals surface area contributed by atoms with Gasteiger partial charge in [0.25, 0.3) is 5.91 Å². The van der Waals surface area contributed by atoms with Crippen LogP contribution >= 0.6 is 11.6 Å². The zero-order valence-corrected chi connectivity index (χ0v) is 14.6. The highest BCUT2D eigenvalue weighted by Crippen LogP contribution is 2.21. The maximum Gasteiger partial charge on any atom is 0.293 e. The molecule has 0 unspecified atom stereocenters. The predicted molar refractivity (Wildman–Crippen MR) is 95.0 cm³/mol. The van der Waals surface area contributed by atoms with E-state index >= 15 is 0 Å². The highest BCUT2D eigenvalue weighted by Gasteiger charge is 2.20. The number of carbonyl (C=O) groups excluding carboxylic acids is 1. The summed E-state index contributed by atoms with van der Waals surface area (Å²) in [5.74, 6) is 0.452. The Labute approximate surface area is 150 Å². The fraction of sp³-hybridized carbons (Fsp3) is 0.167. The normalized spacial score (nSPS) is 10.7. The molecule has 2 aromatic carbocycles. The molecule has 0 atom stereocenters. The monoisotopic (exact) mass is 356 g/mol. The van der Waals surface area contributed by atoms with Crippen LogP contribution in [0, 0.1) is 6.92 Å². The molecule has 6 nitrogen and oxygen atoms in total. The van der Waals surface area contributed by atoms with Gasteiger partial charge in [0.1, 0.15) is 11.6 Å². The molecule has 0 bridgehead atoms. The first-order valence-electron chi connectivity index (χ1n) is 7.68. The Bertz CT molecular complexity index is 923. The van der Waals surface area contributed by atoms with Gasteiger partial charge in [-0.3, -0.25) is 4.79 Å². The topological polar surface area (TPSA) is 71.2 Å². The van der Waals surface area contributed by atoms with E-state index in [1.54, 1.807) is 42.9 Å². The van der Waals surface area contributed by atoms with Gasteiger partial charge in [-0.25, -0.2) is 9.67 Å². The SMILES string of the molecule is Cc1nc(C(=O)N(C)Cc2ccccc2O)nn1-c1ccccc1Cl. The number of aryl methyl sites for hydroxylation is 1. The molecule has 3 rings (SSSR count). The summed E-state index contributed by atoms with van der Waals surface area (Å²) in [5.41, 5.74) is 1.32. The maximum absolute atomic E-state index is 12.6. The van der Waals surface area contributed by atoms with E-state index in [1.165, 1.54) is 4.90 Å². The molecular formula is C18H17ClN4O2. The number of hydrogen-bond acceptors (Lipinski definition) is 4. The van der Waals surface area contributed by atoms with Crippen LogP contribution in [0.2, 0.25) is 5.02 Å². The third-order valence-corrected chi connectivity index (χ3v) is 4.11. The standard InChI is InChI=1S/C18H17ClN4O2/c1-12-20-17(21-23(12)15-9-5-4-8-14(15)19)18(25)22(2)11-13-7-3-6-10-16(13)24/h3-10,24H,11H2,1-2H3. The van der Waals surface area contributed by atoms with E-state index in [1.807, 2.05) is 24.3 Å². The molecule has 0 fully saturated rings. The van der Waals surface area contributed by atoms with E-state index in [4.69, 9.17) is 11.6 Å². The number of aromatic hydroxyl groups is 1. The predicted octanol–water partition coefficient (Wildman–Crippen LogP) is 3.21. The quantitative estimate of drug-likeness (QED) is 0.779. The fourth-order valence-electron chi connectivity index (χ4n) is 2.47. The zero-order valence-electron chi connectivity index (χ0n) is 13.8. The van der Waals surface area contributed by atoms with Crippen LogP contribution in [0.5, 0.6) is 5.75 Å². The summed E-state index contributed by atoms with van der Waals surface area (Å²) in [6, 6.07) is 14.1. The zero-order chi connectivity index (χ0) is 18.0. The van der Waals surface area contributed by atoms with Gasteiger partial charge in [0.05, 0.1) is 10.7 Å². The minimum atomic E-state index is -0.336. The highest BCUT2D eigenvalue weighted by atomic mass is 35.5. The number of para-hydroxylation sites is 2. The number of rotatable bonds is 4. The second-order valence-corrected chi connectivity index (χ2v) is 6.04. The Morgan fingerprint density at radius 3 is 2.60 bits per heavy atom. The molecule has 0 aliphatic carbocycles. The van der Waals surface area contributed by atoms with E-state index in [2.05, 4.69) is 10.1 Å². The largest absolute Gasteiger partial charge is 0.508 e.